The van der Waals surface area contributed by atoms with Gasteiger partial charge in [-0.25, -0.2) is 4.79 Å². The van der Waals surface area contributed by atoms with Crippen LogP contribution in [0.5, 0.6) is 5.75 Å². The van der Waals surface area contributed by atoms with Crippen LogP contribution in [0, 0.1) is 0 Å². The molecular formula is C12H15NO3. The van der Waals surface area contributed by atoms with E-state index in [0.717, 1.165) is 11.4 Å². The Morgan fingerprint density at radius 3 is 2.62 bits per heavy atom. The fraction of sp³-hybridized carbons (Fsp3) is 0.250. The van der Waals surface area contributed by atoms with E-state index in [1.54, 1.807) is 14.0 Å². The fourth-order valence-corrected chi connectivity index (χ4v) is 1.23. The minimum absolute atomic E-state index is 0.389. The quantitative estimate of drug-likeness (QED) is 0.625. The maximum atomic E-state index is 11.0. The maximum absolute atomic E-state index is 11.0. The number of allylic oxidation sites excluding steroid dienone is 1. The fourth-order valence-electron chi connectivity index (χ4n) is 1.23. The third-order valence-electron chi connectivity index (χ3n) is 1.97. The summed E-state index contributed by atoms with van der Waals surface area (Å²) >= 11 is 0. The largest absolute Gasteiger partial charge is 0.495 e. The average molecular weight is 221 g/mol. The van der Waals surface area contributed by atoms with Gasteiger partial charge in [-0.15, -0.1) is 0 Å². The molecule has 0 saturated heterocycles. The Morgan fingerprint density at radius 1 is 1.31 bits per heavy atom. The highest BCUT2D eigenvalue weighted by Crippen LogP contribution is 2.24. The number of methoxy groups -OCH3 is 2. The second kappa shape index (κ2) is 5.80. The number of nitrogens with one attached hydrogen (secondary N) is 1. The lowest BCUT2D eigenvalue weighted by Crippen LogP contribution is -2.03. The Labute approximate surface area is 94.9 Å². The number of ether oxygens (including phenoxy) is 2. The van der Waals surface area contributed by atoms with E-state index in [1.807, 2.05) is 24.3 Å². The third-order valence-corrected chi connectivity index (χ3v) is 1.97. The zero-order valence-corrected chi connectivity index (χ0v) is 9.61. The molecule has 86 valence electrons. The molecule has 16 heavy (non-hydrogen) atoms. The molecule has 0 heterocycles. The molecule has 0 fully saturated rings. The molecule has 0 bridgehead atoms. The van der Waals surface area contributed by atoms with Gasteiger partial charge in [-0.05, 0) is 19.1 Å². The number of carbonyl (C=O) groups excluding carboxylic acids is 1. The van der Waals surface area contributed by atoms with Gasteiger partial charge < -0.3 is 14.8 Å². The van der Waals surface area contributed by atoms with Crippen LogP contribution in [0.4, 0.5) is 5.69 Å². The van der Waals surface area contributed by atoms with E-state index < -0.39 is 0 Å². The van der Waals surface area contributed by atoms with Gasteiger partial charge in [0.15, 0.2) is 0 Å². The zero-order valence-electron chi connectivity index (χ0n) is 9.61. The molecule has 0 aliphatic carbocycles. The highest BCUT2D eigenvalue weighted by molar-refractivity contribution is 5.83. The van der Waals surface area contributed by atoms with E-state index in [2.05, 4.69) is 10.1 Å². The predicted octanol–water partition coefficient (Wildman–Crippen LogP) is 2.18. The maximum Gasteiger partial charge on any atom is 0.332 e. The summed E-state index contributed by atoms with van der Waals surface area (Å²) in [5.41, 5.74) is 1.50. The monoisotopic (exact) mass is 221 g/mol. The molecule has 0 saturated carbocycles. The molecule has 1 aromatic carbocycles. The number of hydrogen-bond acceptors (Lipinski definition) is 4. The summed E-state index contributed by atoms with van der Waals surface area (Å²) in [4.78, 5) is 11.0. The van der Waals surface area contributed by atoms with Crippen molar-refractivity contribution in [1.29, 1.82) is 0 Å². The average Bonchev–Trinajstić information content (AvgIpc) is 2.29. The van der Waals surface area contributed by atoms with Gasteiger partial charge in [-0.2, -0.15) is 0 Å². The van der Waals surface area contributed by atoms with Crippen LogP contribution in [-0.2, 0) is 9.53 Å². The second-order valence-corrected chi connectivity index (χ2v) is 3.18. The molecule has 0 atom stereocenters. The van der Waals surface area contributed by atoms with Gasteiger partial charge in [0.05, 0.1) is 19.9 Å². The standard InChI is InChI=1S/C12H15NO3/c1-9(8-12(14)16-3)13-10-6-4-5-7-11(10)15-2/h4-8,13H,1-3H3/b9-8-. The van der Waals surface area contributed by atoms with Crippen LogP contribution in [0.2, 0.25) is 0 Å². The van der Waals surface area contributed by atoms with Crippen molar-refractivity contribution < 1.29 is 14.3 Å². The number of anilines is 1. The van der Waals surface area contributed by atoms with E-state index in [4.69, 9.17) is 4.74 Å². The highest BCUT2D eigenvalue weighted by Gasteiger charge is 2.02. The third kappa shape index (κ3) is 3.31. The van der Waals surface area contributed by atoms with Crippen molar-refractivity contribution in [2.75, 3.05) is 19.5 Å². The molecule has 0 unspecified atom stereocenters. The molecule has 0 aromatic heterocycles. The molecule has 1 N–H and O–H groups in total. The van der Waals surface area contributed by atoms with E-state index in [1.165, 1.54) is 13.2 Å². The molecule has 1 aromatic rings. The molecule has 0 aliphatic heterocycles. The first-order chi connectivity index (χ1) is 7.67. The van der Waals surface area contributed by atoms with Crippen LogP contribution in [0.1, 0.15) is 6.92 Å². The zero-order chi connectivity index (χ0) is 12.0. The van der Waals surface area contributed by atoms with E-state index in [0.29, 0.717) is 5.70 Å². The van der Waals surface area contributed by atoms with Crippen molar-refractivity contribution >= 4 is 11.7 Å². The van der Waals surface area contributed by atoms with Crippen molar-refractivity contribution in [3.63, 3.8) is 0 Å². The Kier molecular flexibility index (Phi) is 4.39. The van der Waals surface area contributed by atoms with Crippen LogP contribution >= 0.6 is 0 Å². The van der Waals surface area contributed by atoms with Gasteiger partial charge in [0, 0.05) is 11.8 Å². The normalized spacial score (nSPS) is 10.8. The van der Waals surface area contributed by atoms with Gasteiger partial charge >= 0.3 is 5.97 Å². The minimum atomic E-state index is -0.389. The number of para-hydroxylation sites is 2. The Hall–Kier alpha value is -1.97. The summed E-state index contributed by atoms with van der Waals surface area (Å²) < 4.78 is 9.70. The van der Waals surface area contributed by atoms with E-state index in [-0.39, 0.29) is 5.97 Å². The molecule has 4 nitrogen and oxygen atoms in total. The van der Waals surface area contributed by atoms with Crippen molar-refractivity contribution in [2.24, 2.45) is 0 Å². The van der Waals surface area contributed by atoms with Crippen LogP contribution < -0.4 is 10.1 Å². The summed E-state index contributed by atoms with van der Waals surface area (Å²) in [5, 5.41) is 3.06. The molecular weight excluding hydrogens is 206 g/mol. The predicted molar refractivity (Wildman–Crippen MR) is 62.4 cm³/mol. The van der Waals surface area contributed by atoms with Gasteiger partial charge in [0.25, 0.3) is 0 Å². The molecule has 0 aliphatic rings. The van der Waals surface area contributed by atoms with Crippen molar-refractivity contribution in [3.05, 3.63) is 36.0 Å². The van der Waals surface area contributed by atoms with Crippen LogP contribution in [0.15, 0.2) is 36.0 Å². The van der Waals surface area contributed by atoms with E-state index >= 15 is 0 Å². The second-order valence-electron chi connectivity index (χ2n) is 3.18. The lowest BCUT2D eigenvalue weighted by atomic mass is 10.3. The van der Waals surface area contributed by atoms with Gasteiger partial charge in [0.2, 0.25) is 0 Å². The first-order valence-electron chi connectivity index (χ1n) is 4.83. The summed E-state index contributed by atoms with van der Waals surface area (Å²) in [5.74, 6) is 0.333. The minimum Gasteiger partial charge on any atom is -0.495 e. The molecule has 0 amide bonds. The first-order valence-corrected chi connectivity index (χ1v) is 4.83. The SMILES string of the molecule is COC(=O)/C=C(/C)Nc1ccccc1OC. The summed E-state index contributed by atoms with van der Waals surface area (Å²) in [6, 6.07) is 7.47. The molecule has 0 radical (unpaired) electrons. The Balaban J connectivity index is 2.80. The van der Waals surface area contributed by atoms with Crippen molar-refractivity contribution in [1.82, 2.24) is 0 Å². The van der Waals surface area contributed by atoms with Gasteiger partial charge in [0.1, 0.15) is 5.75 Å². The number of carbonyl (C=O) groups is 1. The van der Waals surface area contributed by atoms with Crippen LogP contribution in [0.25, 0.3) is 0 Å². The number of hydrogen-bond donors (Lipinski definition) is 1. The van der Waals surface area contributed by atoms with Crippen molar-refractivity contribution in [2.45, 2.75) is 6.92 Å². The number of benzene rings is 1. The lowest BCUT2D eigenvalue weighted by Gasteiger charge is -2.10. The van der Waals surface area contributed by atoms with Crippen LogP contribution in [0.3, 0.4) is 0 Å². The number of rotatable bonds is 4. The molecule has 4 heteroatoms. The smallest absolute Gasteiger partial charge is 0.332 e. The number of esters is 1. The Morgan fingerprint density at radius 2 is 2.00 bits per heavy atom. The van der Waals surface area contributed by atoms with Gasteiger partial charge in [-0.3, -0.25) is 0 Å². The first kappa shape index (κ1) is 12.1. The van der Waals surface area contributed by atoms with E-state index in [9.17, 15) is 4.79 Å². The van der Waals surface area contributed by atoms with Crippen LogP contribution in [-0.4, -0.2) is 20.2 Å². The molecule has 1 rings (SSSR count). The summed E-state index contributed by atoms with van der Waals surface area (Å²) in [6.07, 6.45) is 1.38. The summed E-state index contributed by atoms with van der Waals surface area (Å²) in [7, 11) is 2.94. The topological polar surface area (TPSA) is 47.6 Å². The highest BCUT2D eigenvalue weighted by atomic mass is 16.5. The van der Waals surface area contributed by atoms with Gasteiger partial charge in [-0.1, -0.05) is 12.1 Å². The Bertz CT molecular complexity index is 399. The molecule has 0 spiro atoms. The summed E-state index contributed by atoms with van der Waals surface area (Å²) in [6.45, 7) is 1.78. The van der Waals surface area contributed by atoms with Crippen molar-refractivity contribution in [3.8, 4) is 5.75 Å². The lowest BCUT2D eigenvalue weighted by molar-refractivity contribution is -0.134.